The molecule has 1 aliphatic rings. The predicted octanol–water partition coefficient (Wildman–Crippen LogP) is 7.95. The van der Waals surface area contributed by atoms with E-state index in [4.69, 9.17) is 0 Å². The zero-order valence-electron chi connectivity index (χ0n) is 16.8. The Morgan fingerprint density at radius 2 is 1.66 bits per heavy atom. The van der Waals surface area contributed by atoms with Crippen molar-refractivity contribution in [3.8, 4) is 11.3 Å². The van der Waals surface area contributed by atoms with E-state index in [0.717, 1.165) is 32.5 Å². The smallest absolute Gasteiger partial charge is 0.116 e. The number of pyridine rings is 1. The zero-order valence-corrected chi connectivity index (χ0v) is 20.8. The second-order valence-electron chi connectivity index (χ2n) is 6.68. The van der Waals surface area contributed by atoms with E-state index in [0.29, 0.717) is 0 Å². The van der Waals surface area contributed by atoms with Gasteiger partial charge in [-0.05, 0) is 40.9 Å². The Balaban J connectivity index is 0.000000164. The zero-order chi connectivity index (χ0) is 20.9. The van der Waals surface area contributed by atoms with Crippen LogP contribution in [0.15, 0.2) is 107 Å². The minimum absolute atomic E-state index is 0. The van der Waals surface area contributed by atoms with Gasteiger partial charge in [0.05, 0.1) is 10.2 Å². The van der Waals surface area contributed by atoms with Gasteiger partial charge in [0.25, 0.3) is 0 Å². The van der Waals surface area contributed by atoms with Gasteiger partial charge in [0.15, 0.2) is 0 Å². The van der Waals surface area contributed by atoms with Gasteiger partial charge in [-0.15, -0.1) is 64.7 Å². The Hall–Kier alpha value is -2.76. The molecule has 0 saturated heterocycles. The summed E-state index contributed by atoms with van der Waals surface area (Å²) in [5.41, 5.74) is 4.12. The molecule has 32 heavy (non-hydrogen) atoms. The minimum Gasteiger partial charge on any atom is -0.651 e. The number of hydrogen-bond donors (Lipinski definition) is 0. The molecule has 0 atom stereocenters. The molecule has 0 fully saturated rings. The van der Waals surface area contributed by atoms with Gasteiger partial charge >= 0.3 is 0 Å². The van der Waals surface area contributed by atoms with Crippen molar-refractivity contribution < 1.29 is 20.1 Å². The van der Waals surface area contributed by atoms with Crippen molar-refractivity contribution in [3.05, 3.63) is 119 Å². The molecule has 0 N–H and O–H groups in total. The van der Waals surface area contributed by atoms with Crippen molar-refractivity contribution in [2.24, 2.45) is 0 Å². The predicted molar refractivity (Wildman–Crippen MR) is 131 cm³/mol. The van der Waals surface area contributed by atoms with E-state index >= 15 is 0 Å². The summed E-state index contributed by atoms with van der Waals surface area (Å²) in [6.45, 7) is 0. The molecule has 1 aliphatic heterocycles. The van der Waals surface area contributed by atoms with Gasteiger partial charge in [0.1, 0.15) is 5.01 Å². The van der Waals surface area contributed by atoms with Gasteiger partial charge in [-0.2, -0.15) is 0 Å². The van der Waals surface area contributed by atoms with Crippen LogP contribution in [0.2, 0.25) is 0 Å². The topological polar surface area (TPSA) is 39.9 Å². The van der Waals surface area contributed by atoms with Crippen molar-refractivity contribution in [1.82, 2.24) is 9.97 Å². The average Bonchev–Trinajstić information content (AvgIpc) is 3.43. The third-order valence-corrected chi connectivity index (χ3v) is 6.48. The molecule has 1 radical (unpaired) electrons. The first-order valence-electron chi connectivity index (χ1n) is 9.79. The number of nitrogens with zero attached hydrogens (tertiary/aromatic N) is 3. The van der Waals surface area contributed by atoms with E-state index in [-0.39, 0.29) is 20.1 Å². The first-order chi connectivity index (χ1) is 15.3. The summed E-state index contributed by atoms with van der Waals surface area (Å²) in [4.78, 5) is 10.0. The van der Waals surface area contributed by atoms with Crippen molar-refractivity contribution in [3.63, 3.8) is 0 Å². The fourth-order valence-electron chi connectivity index (χ4n) is 3.08. The van der Waals surface area contributed by atoms with Crippen LogP contribution in [0, 0.1) is 6.07 Å². The van der Waals surface area contributed by atoms with Crippen molar-refractivity contribution in [2.75, 3.05) is 0 Å². The Labute approximate surface area is 209 Å². The van der Waals surface area contributed by atoms with Crippen LogP contribution in [0.3, 0.4) is 0 Å². The summed E-state index contributed by atoms with van der Waals surface area (Å²) in [6.07, 6.45) is 3.85. The second kappa shape index (κ2) is 10.7. The minimum atomic E-state index is 0. The molecule has 159 valence electrons. The van der Waals surface area contributed by atoms with E-state index in [9.17, 15) is 0 Å². The van der Waals surface area contributed by atoms with Gasteiger partial charge in [-0.25, -0.2) is 4.98 Å². The summed E-state index contributed by atoms with van der Waals surface area (Å²) in [5, 5.41) is 6.64. The number of thioether (sulfide) groups is 1. The average molecular weight is 628 g/mol. The summed E-state index contributed by atoms with van der Waals surface area (Å²) in [5.74, 6) is 0. The fraction of sp³-hybridized carbons (Fsp3) is 0. The summed E-state index contributed by atoms with van der Waals surface area (Å²) in [7, 11) is 0. The van der Waals surface area contributed by atoms with Crippen LogP contribution in [-0.4, -0.2) is 9.97 Å². The number of fused-ring (bicyclic) bond motifs is 2. The van der Waals surface area contributed by atoms with Crippen LogP contribution in [-0.2, 0) is 20.1 Å². The second-order valence-corrected chi connectivity index (χ2v) is 8.80. The van der Waals surface area contributed by atoms with Crippen LogP contribution in [0.4, 0.5) is 5.69 Å². The molecule has 3 heterocycles. The molecule has 3 nitrogen and oxygen atoms in total. The fourth-order valence-corrected chi connectivity index (χ4v) is 4.97. The summed E-state index contributed by atoms with van der Waals surface area (Å²) >= 11 is 3.40. The number of hydrogen-bond acceptors (Lipinski definition) is 4. The monoisotopic (exact) mass is 628 g/mol. The Morgan fingerprint density at radius 1 is 0.844 bits per heavy atom. The summed E-state index contributed by atoms with van der Waals surface area (Å²) in [6, 6.07) is 33.2. The molecule has 0 amide bonds. The molecule has 0 saturated carbocycles. The molecule has 0 bridgehead atoms. The van der Waals surface area contributed by atoms with E-state index in [1.54, 1.807) is 29.3 Å². The van der Waals surface area contributed by atoms with E-state index in [1.807, 2.05) is 78.9 Å². The Kier molecular flexibility index (Phi) is 7.51. The maximum absolute atomic E-state index is 4.61. The van der Waals surface area contributed by atoms with Gasteiger partial charge in [-0.1, -0.05) is 47.5 Å². The third-order valence-electron chi connectivity index (χ3n) is 4.52. The van der Waals surface area contributed by atoms with Gasteiger partial charge in [0.2, 0.25) is 0 Å². The number of aromatic nitrogens is 2. The van der Waals surface area contributed by atoms with Crippen molar-refractivity contribution in [2.45, 2.75) is 4.90 Å². The maximum Gasteiger partial charge on any atom is 0.116 e. The number of rotatable bonds is 2. The van der Waals surface area contributed by atoms with Crippen molar-refractivity contribution in [1.29, 1.82) is 0 Å². The Bertz CT molecular complexity index is 1240. The first-order valence-corrected chi connectivity index (χ1v) is 11.4. The molecule has 2 aromatic heterocycles. The molecule has 5 aromatic rings. The van der Waals surface area contributed by atoms with E-state index in [2.05, 4.69) is 39.6 Å². The van der Waals surface area contributed by atoms with Crippen LogP contribution < -0.4 is 0 Å². The number of para-hydroxylation sites is 2. The van der Waals surface area contributed by atoms with Crippen LogP contribution in [0.25, 0.3) is 32.9 Å². The quantitative estimate of drug-likeness (QED) is 0.187. The van der Waals surface area contributed by atoms with Gasteiger partial charge < -0.3 is 10.3 Å². The largest absolute Gasteiger partial charge is 0.651 e. The van der Waals surface area contributed by atoms with Crippen LogP contribution in [0.5, 0.6) is 0 Å². The van der Waals surface area contributed by atoms with Gasteiger partial charge in [0, 0.05) is 26.3 Å². The molecule has 6 rings (SSSR count). The standard InChI is InChI=1S/C15H9N2S2.C11H8N.Ir/c1-3-7-12-10(5-1)16-14(18-12)9-15-17-11-6-2-4-8-13(11)19-15;1-2-6-10(7-3-1)11-8-4-5-9-12-11;/h1-9H;1-6,8-9H;/q2*-1;/b14-9+;;. The SMILES string of the molecule is C(=C1/[N-]c2ccccc2S1)/c1nc2ccccc2s1.[Ir].[c-]1ccccc1-c1ccccn1. The molecule has 6 heteroatoms. The van der Waals surface area contributed by atoms with Gasteiger partial charge in [-0.3, -0.25) is 0 Å². The van der Waals surface area contributed by atoms with Crippen molar-refractivity contribution >= 4 is 45.1 Å². The number of benzene rings is 3. The molecule has 0 unspecified atom stereocenters. The van der Waals surface area contributed by atoms with E-state index in [1.165, 1.54) is 9.60 Å². The molecule has 3 aromatic carbocycles. The number of thiazole rings is 1. The van der Waals surface area contributed by atoms with Crippen LogP contribution in [0.1, 0.15) is 5.01 Å². The maximum atomic E-state index is 4.61. The van der Waals surface area contributed by atoms with E-state index < -0.39 is 0 Å². The normalized spacial score (nSPS) is 12.9. The molecule has 0 spiro atoms. The first kappa shape index (κ1) is 22.4. The molecular formula is C26H17IrN3S2-2. The Morgan fingerprint density at radius 3 is 2.44 bits per heavy atom. The summed E-state index contributed by atoms with van der Waals surface area (Å²) < 4.78 is 1.22. The third kappa shape index (κ3) is 5.34. The molecular weight excluding hydrogens is 611 g/mol. The molecule has 0 aliphatic carbocycles. The van der Waals surface area contributed by atoms with Crippen LogP contribution >= 0.6 is 23.1 Å².